The quantitative estimate of drug-likeness (QED) is 0.702. The van der Waals surface area contributed by atoms with Crippen molar-refractivity contribution in [1.82, 2.24) is 19.6 Å². The minimum absolute atomic E-state index is 0.165. The van der Waals surface area contributed by atoms with Gasteiger partial charge in [-0.1, -0.05) is 35.0 Å². The summed E-state index contributed by atoms with van der Waals surface area (Å²) in [6.07, 6.45) is 5.54. The number of unbranched alkanes of at least 4 members (excludes halogenated alkanes) is 1. The van der Waals surface area contributed by atoms with E-state index in [2.05, 4.69) is 41.5 Å². The first-order valence-electron chi connectivity index (χ1n) is 8.41. The van der Waals surface area contributed by atoms with Crippen LogP contribution in [0.5, 0.6) is 5.75 Å². The Bertz CT molecular complexity index is 910. The van der Waals surface area contributed by atoms with Gasteiger partial charge < -0.3 is 9.67 Å². The van der Waals surface area contributed by atoms with Gasteiger partial charge in [0.05, 0.1) is 11.9 Å². The minimum atomic E-state index is -0.333. The molecule has 0 unspecified atom stereocenters. The van der Waals surface area contributed by atoms with E-state index in [1.165, 1.54) is 11.6 Å². The maximum atomic E-state index is 11.4. The van der Waals surface area contributed by atoms with Crippen molar-refractivity contribution in [2.24, 2.45) is 0 Å². The lowest BCUT2D eigenvalue weighted by Gasteiger charge is -2.11. The fourth-order valence-corrected chi connectivity index (χ4v) is 2.73. The van der Waals surface area contributed by atoms with Crippen molar-refractivity contribution >= 4 is 0 Å². The van der Waals surface area contributed by atoms with E-state index in [9.17, 15) is 9.90 Å². The maximum Gasteiger partial charge on any atom is 0.223 e. The van der Waals surface area contributed by atoms with E-state index in [0.717, 1.165) is 37.2 Å². The van der Waals surface area contributed by atoms with Gasteiger partial charge in [0.2, 0.25) is 5.43 Å². The topological polar surface area (TPSA) is 72.9 Å². The van der Waals surface area contributed by atoms with Gasteiger partial charge in [-0.2, -0.15) is 0 Å². The van der Waals surface area contributed by atoms with Crippen molar-refractivity contribution in [1.29, 1.82) is 0 Å². The highest BCUT2D eigenvalue weighted by Crippen LogP contribution is 2.16. The van der Waals surface area contributed by atoms with Gasteiger partial charge in [-0.25, -0.2) is 0 Å². The highest BCUT2D eigenvalue weighted by Gasteiger charge is 2.06. The molecule has 3 aromatic rings. The van der Waals surface area contributed by atoms with E-state index in [0.29, 0.717) is 5.69 Å². The Kier molecular flexibility index (Phi) is 4.97. The molecule has 0 radical (unpaired) electrons. The van der Waals surface area contributed by atoms with Gasteiger partial charge >= 0.3 is 0 Å². The van der Waals surface area contributed by atoms with E-state index in [4.69, 9.17) is 0 Å². The highest BCUT2D eigenvalue weighted by molar-refractivity contribution is 5.57. The predicted molar refractivity (Wildman–Crippen MR) is 96.5 cm³/mol. The Morgan fingerprint density at radius 3 is 2.52 bits per heavy atom. The van der Waals surface area contributed by atoms with Crippen LogP contribution in [0.25, 0.3) is 11.3 Å². The van der Waals surface area contributed by atoms with Gasteiger partial charge in [0.15, 0.2) is 5.75 Å². The Morgan fingerprint density at radius 2 is 1.76 bits per heavy atom. The molecule has 0 bridgehead atoms. The lowest BCUT2D eigenvalue weighted by Crippen LogP contribution is -2.10. The normalized spacial score (nSPS) is 11.0. The molecular formula is C19H22N4O2. The van der Waals surface area contributed by atoms with Crippen LogP contribution in [0.15, 0.2) is 47.5 Å². The number of hydrogen-bond acceptors (Lipinski definition) is 4. The van der Waals surface area contributed by atoms with E-state index in [-0.39, 0.29) is 11.2 Å². The average molecular weight is 338 g/mol. The summed E-state index contributed by atoms with van der Waals surface area (Å²) in [5, 5.41) is 18.1. The fraction of sp³-hybridized carbons (Fsp3) is 0.316. The van der Waals surface area contributed by atoms with Crippen LogP contribution in [0, 0.1) is 13.8 Å². The summed E-state index contributed by atoms with van der Waals surface area (Å²) in [7, 11) is 0. The Hall–Kier alpha value is -2.89. The number of rotatable bonds is 6. The van der Waals surface area contributed by atoms with Gasteiger partial charge in [-0.15, -0.1) is 5.10 Å². The van der Waals surface area contributed by atoms with Gasteiger partial charge in [0.25, 0.3) is 0 Å². The lowest BCUT2D eigenvalue weighted by molar-refractivity contribution is 0.447. The van der Waals surface area contributed by atoms with Crippen molar-refractivity contribution in [3.05, 3.63) is 64.2 Å². The van der Waals surface area contributed by atoms with E-state index < -0.39 is 0 Å². The van der Waals surface area contributed by atoms with Gasteiger partial charge in [0.1, 0.15) is 5.69 Å². The summed E-state index contributed by atoms with van der Waals surface area (Å²) in [4.78, 5) is 11.4. The summed E-state index contributed by atoms with van der Waals surface area (Å²) in [6, 6.07) is 9.63. The monoisotopic (exact) mass is 338 g/mol. The number of hydrogen-bond donors (Lipinski definition) is 1. The van der Waals surface area contributed by atoms with Crippen LogP contribution in [0.3, 0.4) is 0 Å². The van der Waals surface area contributed by atoms with Crippen LogP contribution in [-0.4, -0.2) is 24.7 Å². The van der Waals surface area contributed by atoms with Gasteiger partial charge in [-0.3, -0.25) is 9.48 Å². The van der Waals surface area contributed by atoms with Crippen LogP contribution in [0.1, 0.15) is 24.1 Å². The zero-order valence-corrected chi connectivity index (χ0v) is 14.5. The SMILES string of the molecule is Cc1ccc(-c2cn(CCCCn3ccc(=O)c(O)c3C)nn2)cc1. The molecule has 2 heterocycles. The molecule has 1 aromatic carbocycles. The summed E-state index contributed by atoms with van der Waals surface area (Å²) in [5.41, 5.74) is 3.44. The second kappa shape index (κ2) is 7.34. The molecule has 1 N–H and O–H groups in total. The van der Waals surface area contributed by atoms with Gasteiger partial charge in [0, 0.05) is 30.9 Å². The molecule has 0 amide bonds. The fourth-order valence-electron chi connectivity index (χ4n) is 2.73. The number of nitrogens with zero attached hydrogens (tertiary/aromatic N) is 4. The molecule has 0 atom stereocenters. The third-order valence-electron chi connectivity index (χ3n) is 4.33. The summed E-state index contributed by atoms with van der Waals surface area (Å²) in [5.74, 6) is -0.165. The number of benzene rings is 1. The van der Waals surface area contributed by atoms with Crippen LogP contribution >= 0.6 is 0 Å². The summed E-state index contributed by atoms with van der Waals surface area (Å²) in [6.45, 7) is 5.34. The molecule has 130 valence electrons. The van der Waals surface area contributed by atoms with Crippen molar-refractivity contribution in [2.45, 2.75) is 39.8 Å². The third kappa shape index (κ3) is 3.96. The molecule has 6 nitrogen and oxygen atoms in total. The second-order valence-electron chi connectivity index (χ2n) is 6.25. The van der Waals surface area contributed by atoms with Crippen molar-refractivity contribution in [3.8, 4) is 17.0 Å². The molecule has 0 aliphatic rings. The molecule has 0 saturated heterocycles. The molecule has 0 spiro atoms. The molecule has 25 heavy (non-hydrogen) atoms. The molecular weight excluding hydrogens is 316 g/mol. The average Bonchev–Trinajstić information content (AvgIpc) is 3.08. The molecule has 0 aliphatic carbocycles. The molecule has 0 aliphatic heterocycles. The minimum Gasteiger partial charge on any atom is -0.503 e. The van der Waals surface area contributed by atoms with Crippen LogP contribution < -0.4 is 5.43 Å². The molecule has 2 aromatic heterocycles. The highest BCUT2D eigenvalue weighted by atomic mass is 16.3. The van der Waals surface area contributed by atoms with Crippen LogP contribution in [0.2, 0.25) is 0 Å². The third-order valence-corrected chi connectivity index (χ3v) is 4.33. The zero-order valence-electron chi connectivity index (χ0n) is 14.5. The number of aryl methyl sites for hydroxylation is 3. The lowest BCUT2D eigenvalue weighted by atomic mass is 10.1. The van der Waals surface area contributed by atoms with E-state index in [1.807, 2.05) is 15.4 Å². The van der Waals surface area contributed by atoms with Crippen LogP contribution in [-0.2, 0) is 13.1 Å². The number of aromatic hydroxyl groups is 1. The van der Waals surface area contributed by atoms with E-state index >= 15 is 0 Å². The Labute approximate surface area is 146 Å². The first-order valence-corrected chi connectivity index (χ1v) is 8.41. The number of pyridine rings is 1. The van der Waals surface area contributed by atoms with Gasteiger partial charge in [-0.05, 0) is 26.7 Å². The maximum absolute atomic E-state index is 11.4. The first kappa shape index (κ1) is 17.0. The number of aromatic nitrogens is 4. The molecule has 0 fully saturated rings. The van der Waals surface area contributed by atoms with E-state index in [1.54, 1.807) is 13.1 Å². The Morgan fingerprint density at radius 1 is 1.04 bits per heavy atom. The molecule has 6 heteroatoms. The first-order chi connectivity index (χ1) is 12.0. The second-order valence-corrected chi connectivity index (χ2v) is 6.25. The van der Waals surface area contributed by atoms with Crippen molar-refractivity contribution in [3.63, 3.8) is 0 Å². The predicted octanol–water partition coefficient (Wildman–Crippen LogP) is 2.91. The largest absolute Gasteiger partial charge is 0.503 e. The van der Waals surface area contributed by atoms with Crippen molar-refractivity contribution in [2.75, 3.05) is 0 Å². The molecule has 0 saturated carbocycles. The molecule has 3 rings (SSSR count). The standard InChI is InChI=1S/C19H22N4O2/c1-14-5-7-16(8-6-14)17-13-23(21-20-17)11-4-3-10-22-12-9-18(24)19(25)15(22)2/h5-9,12-13,25H,3-4,10-11H2,1-2H3. The van der Waals surface area contributed by atoms with Crippen molar-refractivity contribution < 1.29 is 5.11 Å². The summed E-state index contributed by atoms with van der Waals surface area (Å²) < 4.78 is 3.75. The smallest absolute Gasteiger partial charge is 0.223 e. The van der Waals surface area contributed by atoms with Crippen LogP contribution in [0.4, 0.5) is 0 Å². The summed E-state index contributed by atoms with van der Waals surface area (Å²) >= 11 is 0. The Balaban J connectivity index is 1.54. The zero-order chi connectivity index (χ0) is 17.8.